The van der Waals surface area contributed by atoms with Gasteiger partial charge in [0.05, 0.1) is 4.92 Å². The van der Waals surface area contributed by atoms with Gasteiger partial charge in [-0.05, 0) is 34.1 Å². The summed E-state index contributed by atoms with van der Waals surface area (Å²) in [6.07, 6.45) is 0.374. The lowest BCUT2D eigenvalue weighted by atomic mass is 10.3. The number of para-hydroxylation sites is 1. The Kier molecular flexibility index (Phi) is 5.22. The maximum atomic E-state index is 12.2. The number of benzene rings is 1. The van der Waals surface area contributed by atoms with E-state index in [0.717, 1.165) is 6.07 Å². The number of nitrogens with one attached hydrogen (secondary N) is 1. The molecule has 0 fully saturated rings. The van der Waals surface area contributed by atoms with Gasteiger partial charge in [0.25, 0.3) is 5.69 Å². The van der Waals surface area contributed by atoms with E-state index < -0.39 is 20.6 Å². The highest BCUT2D eigenvalue weighted by atomic mass is 79.9. The summed E-state index contributed by atoms with van der Waals surface area (Å²) in [5.74, 6) is 0. The zero-order valence-corrected chi connectivity index (χ0v) is 13.7. The predicted molar refractivity (Wildman–Crippen MR) is 83.9 cm³/mol. The molecule has 0 unspecified atom stereocenters. The quantitative estimate of drug-likeness (QED) is 0.466. The largest absolute Gasteiger partial charge is 0.289 e. The smallest absolute Gasteiger partial charge is 0.258 e. The Balaban J connectivity index is 2.10. The highest BCUT2D eigenvalue weighted by molar-refractivity contribution is 9.10. The first kappa shape index (κ1) is 16.5. The molecule has 22 heavy (non-hydrogen) atoms. The lowest BCUT2D eigenvalue weighted by Gasteiger charge is -2.07. The second-order valence-corrected chi connectivity index (χ2v) is 6.87. The van der Waals surface area contributed by atoms with Gasteiger partial charge in [0.2, 0.25) is 10.0 Å². The molecule has 0 aliphatic heterocycles. The normalized spacial score (nSPS) is 11.3. The third kappa shape index (κ3) is 4.09. The molecule has 1 N–H and O–H groups in total. The van der Waals surface area contributed by atoms with Gasteiger partial charge in [-0.1, -0.05) is 18.2 Å². The summed E-state index contributed by atoms with van der Waals surface area (Å²) in [5.41, 5.74) is 0.259. The van der Waals surface area contributed by atoms with Crippen molar-refractivity contribution < 1.29 is 13.3 Å². The van der Waals surface area contributed by atoms with Crippen molar-refractivity contribution >= 4 is 31.6 Å². The fourth-order valence-electron chi connectivity index (χ4n) is 1.82. The van der Waals surface area contributed by atoms with Gasteiger partial charge < -0.3 is 0 Å². The number of nitro groups is 1. The van der Waals surface area contributed by atoms with Crippen LogP contribution < -0.4 is 4.72 Å². The molecule has 7 nitrogen and oxygen atoms in total. The number of aromatic nitrogens is 1. The first-order chi connectivity index (χ1) is 10.4. The van der Waals surface area contributed by atoms with E-state index in [1.807, 2.05) is 0 Å². The van der Waals surface area contributed by atoms with Crippen molar-refractivity contribution in [3.8, 4) is 0 Å². The molecule has 1 heterocycles. The number of nitrogens with zero attached hydrogens (tertiary/aromatic N) is 2. The summed E-state index contributed by atoms with van der Waals surface area (Å²) in [5, 5.41) is 10.9. The Morgan fingerprint density at radius 3 is 2.59 bits per heavy atom. The molecular formula is C13H12BrN3O4S. The molecule has 0 saturated heterocycles. The molecule has 1 aromatic heterocycles. The lowest BCUT2D eigenvalue weighted by molar-refractivity contribution is -0.387. The average molecular weight is 386 g/mol. The minimum absolute atomic E-state index is 0.0951. The van der Waals surface area contributed by atoms with Gasteiger partial charge in [-0.2, -0.15) is 0 Å². The van der Waals surface area contributed by atoms with E-state index >= 15 is 0 Å². The van der Waals surface area contributed by atoms with Crippen LogP contribution in [0.3, 0.4) is 0 Å². The molecule has 0 bridgehead atoms. The molecule has 0 amide bonds. The van der Waals surface area contributed by atoms with Crippen molar-refractivity contribution in [2.24, 2.45) is 0 Å². The number of nitro benzene ring substituents is 1. The average Bonchev–Trinajstić information content (AvgIpc) is 2.47. The molecule has 116 valence electrons. The monoisotopic (exact) mass is 385 g/mol. The molecule has 2 rings (SSSR count). The first-order valence-electron chi connectivity index (χ1n) is 6.25. The molecule has 0 atom stereocenters. The van der Waals surface area contributed by atoms with Gasteiger partial charge in [-0.25, -0.2) is 18.1 Å². The summed E-state index contributed by atoms with van der Waals surface area (Å²) in [6.45, 7) is 0.0951. The Morgan fingerprint density at radius 1 is 1.18 bits per heavy atom. The van der Waals surface area contributed by atoms with Gasteiger partial charge in [0.1, 0.15) is 4.60 Å². The third-order valence-electron chi connectivity index (χ3n) is 2.80. The maximum absolute atomic E-state index is 12.2. The van der Waals surface area contributed by atoms with E-state index in [0.29, 0.717) is 16.7 Å². The summed E-state index contributed by atoms with van der Waals surface area (Å²) in [7, 11) is -3.95. The second kappa shape index (κ2) is 6.95. The van der Waals surface area contributed by atoms with Crippen LogP contribution in [0, 0.1) is 10.1 Å². The van der Waals surface area contributed by atoms with Crippen molar-refractivity contribution in [1.82, 2.24) is 9.71 Å². The van der Waals surface area contributed by atoms with Crippen molar-refractivity contribution in [2.75, 3.05) is 6.54 Å². The van der Waals surface area contributed by atoms with Crippen molar-refractivity contribution in [2.45, 2.75) is 11.3 Å². The molecule has 0 radical (unpaired) electrons. The molecule has 0 saturated carbocycles. The van der Waals surface area contributed by atoms with Gasteiger partial charge in [-0.3, -0.25) is 10.1 Å². The number of hydrogen-bond donors (Lipinski definition) is 1. The summed E-state index contributed by atoms with van der Waals surface area (Å²) in [6, 6.07) is 10.6. The zero-order chi connectivity index (χ0) is 16.2. The Bertz CT molecular complexity index is 795. The zero-order valence-electron chi connectivity index (χ0n) is 11.3. The van der Waals surface area contributed by atoms with Crippen LogP contribution in [-0.4, -0.2) is 24.9 Å². The minimum atomic E-state index is -3.95. The van der Waals surface area contributed by atoms with E-state index in [9.17, 15) is 18.5 Å². The van der Waals surface area contributed by atoms with Crippen LogP contribution in [0.25, 0.3) is 0 Å². The predicted octanol–water partition coefficient (Wildman–Crippen LogP) is 2.27. The molecular weight excluding hydrogens is 374 g/mol. The Morgan fingerprint density at radius 2 is 1.91 bits per heavy atom. The molecule has 2 aromatic rings. The van der Waals surface area contributed by atoms with Crippen LogP contribution in [0.2, 0.25) is 0 Å². The lowest BCUT2D eigenvalue weighted by Crippen LogP contribution is -2.26. The molecule has 0 aliphatic carbocycles. The number of sulfonamides is 1. The highest BCUT2D eigenvalue weighted by Gasteiger charge is 2.24. The molecule has 9 heteroatoms. The van der Waals surface area contributed by atoms with Crippen LogP contribution in [0.15, 0.2) is 52.0 Å². The van der Waals surface area contributed by atoms with Gasteiger partial charge in [0, 0.05) is 24.7 Å². The first-order valence-corrected chi connectivity index (χ1v) is 8.52. The fourth-order valence-corrected chi connectivity index (χ4v) is 3.40. The van der Waals surface area contributed by atoms with Gasteiger partial charge in [-0.15, -0.1) is 0 Å². The third-order valence-corrected chi connectivity index (χ3v) is 4.75. The van der Waals surface area contributed by atoms with E-state index in [1.54, 1.807) is 18.2 Å². The number of rotatable bonds is 6. The highest BCUT2D eigenvalue weighted by Crippen LogP contribution is 2.22. The number of hydrogen-bond acceptors (Lipinski definition) is 5. The Hall–Kier alpha value is -1.84. The summed E-state index contributed by atoms with van der Waals surface area (Å²) >= 11 is 3.23. The van der Waals surface area contributed by atoms with Gasteiger partial charge >= 0.3 is 0 Å². The van der Waals surface area contributed by atoms with E-state index in [1.165, 1.54) is 18.2 Å². The second-order valence-electron chi connectivity index (χ2n) is 4.32. The fraction of sp³-hybridized carbons (Fsp3) is 0.154. The van der Waals surface area contributed by atoms with E-state index in [2.05, 4.69) is 25.6 Å². The SMILES string of the molecule is O=[N+]([O-])c1ccccc1S(=O)(=O)NCCc1cccc(Br)n1. The minimum Gasteiger partial charge on any atom is -0.258 e. The van der Waals surface area contributed by atoms with Crippen LogP contribution in [0.4, 0.5) is 5.69 Å². The van der Waals surface area contributed by atoms with Crippen LogP contribution >= 0.6 is 15.9 Å². The number of pyridine rings is 1. The van der Waals surface area contributed by atoms with E-state index in [4.69, 9.17) is 0 Å². The van der Waals surface area contributed by atoms with Crippen LogP contribution in [-0.2, 0) is 16.4 Å². The van der Waals surface area contributed by atoms with Crippen LogP contribution in [0.5, 0.6) is 0 Å². The van der Waals surface area contributed by atoms with Crippen molar-refractivity contribution in [1.29, 1.82) is 0 Å². The van der Waals surface area contributed by atoms with Gasteiger partial charge in [0.15, 0.2) is 4.90 Å². The molecule has 1 aromatic carbocycles. The standard InChI is InChI=1S/C13H12BrN3O4S/c14-13-7-3-4-10(16-13)8-9-15-22(20,21)12-6-2-1-5-11(12)17(18)19/h1-7,15H,8-9H2. The topological polar surface area (TPSA) is 102 Å². The van der Waals surface area contributed by atoms with Crippen LogP contribution in [0.1, 0.15) is 5.69 Å². The maximum Gasteiger partial charge on any atom is 0.289 e. The molecule has 0 spiro atoms. The summed E-state index contributed by atoms with van der Waals surface area (Å²) in [4.78, 5) is 14.0. The number of halogens is 1. The summed E-state index contributed by atoms with van der Waals surface area (Å²) < 4.78 is 27.3. The molecule has 0 aliphatic rings. The van der Waals surface area contributed by atoms with Crippen molar-refractivity contribution in [3.05, 3.63) is 62.9 Å². The van der Waals surface area contributed by atoms with E-state index in [-0.39, 0.29) is 11.4 Å². The van der Waals surface area contributed by atoms with Crippen molar-refractivity contribution in [3.63, 3.8) is 0 Å². The Labute approximate surface area is 135 Å².